The molecular weight excluding hydrogens is 552 g/mol. The molecule has 1 saturated heterocycles. The number of carbonyl (C=O) groups is 3. The van der Waals surface area contributed by atoms with E-state index in [0.717, 1.165) is 11.1 Å². The van der Waals surface area contributed by atoms with Crippen molar-refractivity contribution in [1.82, 2.24) is 15.3 Å². The minimum atomic E-state index is -1.79. The largest absolute Gasteiger partial charge is 0.462 e. The van der Waals surface area contributed by atoms with Gasteiger partial charge in [-0.1, -0.05) is 31.2 Å². The van der Waals surface area contributed by atoms with Gasteiger partial charge in [0.05, 0.1) is 18.8 Å². The molecule has 0 saturated carbocycles. The number of aryl methyl sites for hydroxylation is 1. The fourth-order valence-corrected chi connectivity index (χ4v) is 5.32. The first kappa shape index (κ1) is 32.1. The van der Waals surface area contributed by atoms with E-state index in [4.69, 9.17) is 18.5 Å². The van der Waals surface area contributed by atoms with E-state index in [9.17, 15) is 18.8 Å². The molecule has 3 rings (SSSR count). The highest BCUT2D eigenvalue weighted by Gasteiger charge is 2.38. The van der Waals surface area contributed by atoms with Crippen LogP contribution in [0.25, 0.3) is 11.1 Å². The number of nitrogens with one attached hydrogen (secondary N) is 2. The second-order valence-electron chi connectivity index (χ2n) is 9.82. The molecule has 2 N–H and O–H groups in total. The van der Waals surface area contributed by atoms with Crippen LogP contribution in [0.4, 0.5) is 9.18 Å². The molecule has 1 fully saturated rings. The lowest BCUT2D eigenvalue weighted by Gasteiger charge is -2.27. The van der Waals surface area contributed by atoms with Gasteiger partial charge in [-0.2, -0.15) is 0 Å². The van der Waals surface area contributed by atoms with Gasteiger partial charge in [-0.3, -0.25) is 19.8 Å². The van der Waals surface area contributed by atoms with E-state index in [0.29, 0.717) is 24.1 Å². The summed E-state index contributed by atoms with van der Waals surface area (Å²) in [6, 6.07) is 11.6. The fourth-order valence-electron chi connectivity index (χ4n) is 4.24. The lowest BCUT2D eigenvalue weighted by atomic mass is 10.0. The molecule has 1 aliphatic rings. The summed E-state index contributed by atoms with van der Waals surface area (Å²) in [4.78, 5) is 36.6. The molecule has 0 radical (unpaired) electrons. The summed E-state index contributed by atoms with van der Waals surface area (Å²) in [7, 11) is -1.79. The average molecular weight is 590 g/mol. The van der Waals surface area contributed by atoms with E-state index in [-0.39, 0.29) is 37.1 Å². The minimum absolute atomic E-state index is 0.0408. The molecule has 1 aliphatic heterocycles. The monoisotopic (exact) mass is 589 g/mol. The standard InChI is InChI=1S/C29H37FN3O7P/c1-6-13-33(29(36)31-18-34)28-21(5)15-25(39-28)17-37-41(32-16-27(35)38-19(2)3)40-24-10-7-22(8-11-24)23-9-12-26(30)20(4)14-23/h6-14,18-19,21,25,28,32H,15-17H2,1-5H3,(H,31,34,36)/b13-6-. The third-order valence-corrected chi connectivity index (χ3v) is 7.26. The Hall–Kier alpha value is -3.37. The summed E-state index contributed by atoms with van der Waals surface area (Å²) >= 11 is 0. The van der Waals surface area contributed by atoms with Gasteiger partial charge in [0.15, 0.2) is 0 Å². The third-order valence-electron chi connectivity index (χ3n) is 6.09. The van der Waals surface area contributed by atoms with Gasteiger partial charge < -0.3 is 18.5 Å². The van der Waals surface area contributed by atoms with Crippen molar-refractivity contribution in [3.63, 3.8) is 0 Å². The Labute approximate surface area is 241 Å². The first-order valence-corrected chi connectivity index (χ1v) is 14.5. The van der Waals surface area contributed by atoms with E-state index in [1.807, 2.05) is 19.1 Å². The number of rotatable bonds is 13. The summed E-state index contributed by atoms with van der Waals surface area (Å²) in [5.41, 5.74) is 2.32. The van der Waals surface area contributed by atoms with Crippen LogP contribution in [0.2, 0.25) is 0 Å². The topological polar surface area (TPSA) is 115 Å². The van der Waals surface area contributed by atoms with E-state index in [2.05, 4.69) is 10.4 Å². The lowest BCUT2D eigenvalue weighted by Crippen LogP contribution is -2.44. The normalized spacial score (nSPS) is 19.2. The van der Waals surface area contributed by atoms with Gasteiger partial charge in [0.1, 0.15) is 24.3 Å². The van der Waals surface area contributed by atoms with Gasteiger partial charge in [-0.05, 0) is 75.1 Å². The molecule has 1 heterocycles. The first-order chi connectivity index (χ1) is 19.6. The SMILES string of the molecule is C/C=C\N(C(=O)NC=O)C1OC(COP(NCC(=O)OC(C)C)Oc2ccc(-c3ccc(F)c(C)c3)cc2)CC1C. The maximum atomic E-state index is 13.7. The number of halogens is 1. The van der Waals surface area contributed by atoms with E-state index in [1.54, 1.807) is 64.2 Å². The highest BCUT2D eigenvalue weighted by atomic mass is 31.2. The van der Waals surface area contributed by atoms with Crippen LogP contribution >= 0.6 is 8.53 Å². The highest BCUT2D eigenvalue weighted by molar-refractivity contribution is 7.45. The molecule has 0 aliphatic carbocycles. The second kappa shape index (κ2) is 15.6. The highest BCUT2D eigenvalue weighted by Crippen LogP contribution is 2.38. The molecular formula is C29H37FN3O7P. The number of hydrogen-bond donors (Lipinski definition) is 2. The zero-order chi connectivity index (χ0) is 29.9. The average Bonchev–Trinajstić information content (AvgIpc) is 3.30. The third kappa shape index (κ3) is 9.60. The molecule has 2 aromatic carbocycles. The quantitative estimate of drug-likeness (QED) is 0.181. The van der Waals surface area contributed by atoms with Crippen LogP contribution in [-0.4, -0.2) is 54.9 Å². The Balaban J connectivity index is 1.67. The van der Waals surface area contributed by atoms with E-state index >= 15 is 0 Å². The molecule has 12 heteroatoms. The minimum Gasteiger partial charge on any atom is -0.462 e. The van der Waals surface area contributed by atoms with Crippen LogP contribution in [0.3, 0.4) is 0 Å². The Morgan fingerprint density at radius 3 is 2.54 bits per heavy atom. The van der Waals surface area contributed by atoms with Crippen molar-refractivity contribution in [2.45, 2.75) is 59.5 Å². The molecule has 10 nitrogen and oxygen atoms in total. The van der Waals surface area contributed by atoms with Crippen LogP contribution < -0.4 is 14.9 Å². The molecule has 41 heavy (non-hydrogen) atoms. The number of esters is 1. The Kier molecular flexibility index (Phi) is 12.2. The number of imide groups is 1. The first-order valence-electron chi connectivity index (χ1n) is 13.3. The van der Waals surface area contributed by atoms with Crippen molar-refractivity contribution in [2.75, 3.05) is 13.2 Å². The van der Waals surface area contributed by atoms with E-state index < -0.39 is 26.8 Å². The van der Waals surface area contributed by atoms with Crippen LogP contribution in [0.5, 0.6) is 5.75 Å². The number of urea groups is 1. The maximum absolute atomic E-state index is 13.7. The molecule has 3 amide bonds. The van der Waals surface area contributed by atoms with Gasteiger partial charge in [-0.15, -0.1) is 0 Å². The zero-order valence-corrected chi connectivity index (χ0v) is 24.7. The maximum Gasteiger partial charge on any atom is 0.329 e. The summed E-state index contributed by atoms with van der Waals surface area (Å²) < 4.78 is 37.1. The number of hydrogen-bond acceptors (Lipinski definition) is 8. The van der Waals surface area contributed by atoms with Crippen molar-refractivity contribution in [2.24, 2.45) is 5.92 Å². The molecule has 4 atom stereocenters. The van der Waals surface area contributed by atoms with Crippen LogP contribution in [-0.2, 0) is 23.6 Å². The zero-order valence-electron chi connectivity index (χ0n) is 23.8. The Morgan fingerprint density at radius 2 is 1.90 bits per heavy atom. The van der Waals surface area contributed by atoms with Gasteiger partial charge in [0, 0.05) is 12.1 Å². The van der Waals surface area contributed by atoms with Crippen molar-refractivity contribution >= 4 is 26.9 Å². The number of benzene rings is 2. The van der Waals surface area contributed by atoms with Gasteiger partial charge >= 0.3 is 20.5 Å². The number of ether oxygens (including phenoxy) is 2. The van der Waals surface area contributed by atoms with Gasteiger partial charge in [0.25, 0.3) is 0 Å². The van der Waals surface area contributed by atoms with Gasteiger partial charge in [0.2, 0.25) is 6.41 Å². The van der Waals surface area contributed by atoms with Crippen molar-refractivity contribution in [3.05, 3.63) is 66.1 Å². The fraction of sp³-hybridized carbons (Fsp3) is 0.414. The molecule has 2 aromatic rings. The predicted molar refractivity (Wildman–Crippen MR) is 153 cm³/mol. The number of amides is 3. The van der Waals surface area contributed by atoms with Crippen molar-refractivity contribution in [3.8, 4) is 16.9 Å². The van der Waals surface area contributed by atoms with Crippen LogP contribution in [0, 0.1) is 18.7 Å². The summed E-state index contributed by atoms with van der Waals surface area (Å²) in [5.74, 6) is -0.243. The second-order valence-corrected chi connectivity index (χ2v) is 11.1. The summed E-state index contributed by atoms with van der Waals surface area (Å²) in [6.07, 6.45) is 2.93. The molecule has 0 bridgehead atoms. The van der Waals surface area contributed by atoms with Crippen LogP contribution in [0.1, 0.15) is 39.7 Å². The molecule has 222 valence electrons. The van der Waals surface area contributed by atoms with E-state index in [1.165, 1.54) is 11.0 Å². The summed E-state index contributed by atoms with van der Waals surface area (Å²) in [6.45, 7) is 8.95. The lowest BCUT2D eigenvalue weighted by molar-refractivity contribution is -0.145. The Bertz CT molecular complexity index is 1210. The Morgan fingerprint density at radius 1 is 1.20 bits per heavy atom. The molecule has 4 unspecified atom stereocenters. The van der Waals surface area contributed by atoms with Crippen molar-refractivity contribution < 1.29 is 37.3 Å². The predicted octanol–water partition coefficient (Wildman–Crippen LogP) is 5.42. The number of allylic oxidation sites excluding steroid dienone is 1. The van der Waals surface area contributed by atoms with Crippen molar-refractivity contribution in [1.29, 1.82) is 0 Å². The number of carbonyl (C=O) groups excluding carboxylic acids is 3. The number of nitrogens with zero attached hydrogens (tertiary/aromatic N) is 1. The van der Waals surface area contributed by atoms with Crippen LogP contribution in [0.15, 0.2) is 54.7 Å². The van der Waals surface area contributed by atoms with Gasteiger partial charge in [-0.25, -0.2) is 14.3 Å². The summed E-state index contributed by atoms with van der Waals surface area (Å²) in [5, 5.41) is 5.12. The molecule has 0 spiro atoms. The smallest absolute Gasteiger partial charge is 0.329 e. The molecule has 0 aromatic heterocycles.